The third-order valence-corrected chi connectivity index (χ3v) is 6.79. The number of carboxylic acids is 4. The molecule has 1 aliphatic carbocycles. The van der Waals surface area contributed by atoms with Crippen LogP contribution in [0.15, 0.2) is 66.8 Å². The lowest BCUT2D eigenvalue weighted by Gasteiger charge is -2.43. The highest BCUT2D eigenvalue weighted by atomic mass is 19.1. The van der Waals surface area contributed by atoms with Crippen LogP contribution in [0.1, 0.15) is 41.5 Å². The molecular weight excluding hydrogens is 570 g/mol. The van der Waals surface area contributed by atoms with Crippen LogP contribution in [-0.4, -0.2) is 98.5 Å². The van der Waals surface area contributed by atoms with Gasteiger partial charge in [0.1, 0.15) is 11.6 Å². The molecule has 0 amide bonds. The van der Waals surface area contributed by atoms with Gasteiger partial charge in [-0.3, -0.25) is 9.80 Å². The molecule has 13 heteroatoms. The summed E-state index contributed by atoms with van der Waals surface area (Å²) in [4.78, 5) is 42.9. The fourth-order valence-corrected chi connectivity index (χ4v) is 4.93. The van der Waals surface area contributed by atoms with Crippen LogP contribution < -0.4 is 0 Å². The van der Waals surface area contributed by atoms with E-state index in [2.05, 4.69) is 9.80 Å². The molecule has 2 aliphatic rings. The van der Waals surface area contributed by atoms with Gasteiger partial charge in [0, 0.05) is 69.0 Å². The molecule has 1 aliphatic heterocycles. The summed E-state index contributed by atoms with van der Waals surface area (Å²) in [6.07, 6.45) is 4.18. The third kappa shape index (κ3) is 12.1. The fourth-order valence-electron chi connectivity index (χ4n) is 4.93. The molecule has 1 heterocycles. The maximum Gasteiger partial charge on any atom is 0.328 e. The van der Waals surface area contributed by atoms with Crippen molar-refractivity contribution in [2.45, 2.75) is 24.8 Å². The van der Waals surface area contributed by atoms with Crippen LogP contribution in [0.4, 0.5) is 8.78 Å². The number of carboxylic acid groups (broad SMARTS) is 4. The molecule has 11 nitrogen and oxygen atoms in total. The van der Waals surface area contributed by atoms with Crippen LogP contribution in [0.5, 0.6) is 0 Å². The summed E-state index contributed by atoms with van der Waals surface area (Å²) in [7, 11) is 0. The van der Waals surface area contributed by atoms with Crippen molar-refractivity contribution in [1.29, 1.82) is 0 Å². The van der Waals surface area contributed by atoms with E-state index in [1.165, 1.54) is 18.2 Å². The second-order valence-electron chi connectivity index (χ2n) is 9.59. The van der Waals surface area contributed by atoms with Gasteiger partial charge in [-0.2, -0.15) is 0 Å². The van der Waals surface area contributed by atoms with E-state index < -0.39 is 23.9 Å². The van der Waals surface area contributed by atoms with Crippen molar-refractivity contribution in [2.24, 2.45) is 0 Å². The fraction of sp³-hybridized carbons (Fsp3) is 0.333. The van der Waals surface area contributed by atoms with Crippen molar-refractivity contribution < 1.29 is 53.5 Å². The number of aliphatic hydroxyl groups excluding tert-OH is 1. The van der Waals surface area contributed by atoms with E-state index in [-0.39, 0.29) is 30.2 Å². The summed E-state index contributed by atoms with van der Waals surface area (Å²) in [5.41, 5.74) is 3.33. The van der Waals surface area contributed by atoms with E-state index in [1.807, 2.05) is 18.2 Å². The second-order valence-corrected chi connectivity index (χ2v) is 9.59. The largest absolute Gasteiger partial charge is 0.478 e. The minimum Gasteiger partial charge on any atom is -0.478 e. The Morgan fingerprint density at radius 2 is 1.19 bits per heavy atom. The van der Waals surface area contributed by atoms with Crippen molar-refractivity contribution in [3.8, 4) is 0 Å². The molecule has 1 fully saturated rings. The monoisotopic (exact) mass is 604 g/mol. The second kappa shape index (κ2) is 17.5. The Bertz CT molecular complexity index is 1240. The Hall–Kier alpha value is -4.46. The summed E-state index contributed by atoms with van der Waals surface area (Å²) in [5.74, 6) is -5.27. The van der Waals surface area contributed by atoms with Gasteiger partial charge < -0.3 is 25.5 Å². The van der Waals surface area contributed by atoms with Crippen LogP contribution in [0.25, 0.3) is 0 Å². The molecular formula is C30H34F2N2O9. The molecule has 2 aromatic carbocycles. The molecule has 2 aromatic rings. The summed E-state index contributed by atoms with van der Waals surface area (Å²) in [6.45, 7) is 4.64. The smallest absolute Gasteiger partial charge is 0.328 e. The number of carbonyl (C=O) groups is 4. The highest BCUT2D eigenvalue weighted by Crippen LogP contribution is 2.44. The standard InChI is InChI=1S/C22H26F2N2O.2C4H4O4/c23-17-3-1-16(2-4-17)19-7-8-22(21-15-18(24)5-6-20(19)21)26-11-9-25(10-12-26)13-14-27;2*5-3(6)1-2-4(7)8/h1-6,15,19,22,27H,7-14H2;2*1-2H,(H,5,6)(H,7,8)/b;2*2-1+. The van der Waals surface area contributed by atoms with Gasteiger partial charge in [-0.05, 0) is 53.8 Å². The minimum absolute atomic E-state index is 0.188. The Balaban J connectivity index is 0.000000334. The van der Waals surface area contributed by atoms with Gasteiger partial charge in [0.15, 0.2) is 0 Å². The number of β-amino-alcohol motifs (C(OH)–C–C–N with tert-alkyl or cyclic N) is 1. The molecule has 0 spiro atoms. The molecule has 5 N–H and O–H groups in total. The number of benzene rings is 2. The average Bonchev–Trinajstić information content (AvgIpc) is 2.96. The number of hydrogen-bond acceptors (Lipinski definition) is 7. The van der Waals surface area contributed by atoms with Gasteiger partial charge in [0.05, 0.1) is 6.61 Å². The Kier molecular flexibility index (Phi) is 14.1. The first-order chi connectivity index (χ1) is 20.4. The van der Waals surface area contributed by atoms with Crippen molar-refractivity contribution in [1.82, 2.24) is 9.80 Å². The van der Waals surface area contributed by atoms with Crippen molar-refractivity contribution >= 4 is 23.9 Å². The zero-order valence-corrected chi connectivity index (χ0v) is 23.2. The van der Waals surface area contributed by atoms with E-state index in [9.17, 15) is 28.0 Å². The first-order valence-corrected chi connectivity index (χ1v) is 13.3. The van der Waals surface area contributed by atoms with Gasteiger partial charge in [-0.15, -0.1) is 0 Å². The van der Waals surface area contributed by atoms with Crippen LogP contribution in [0.3, 0.4) is 0 Å². The zero-order valence-electron chi connectivity index (χ0n) is 23.2. The highest BCUT2D eigenvalue weighted by molar-refractivity contribution is 5.90. The quantitative estimate of drug-likeness (QED) is 0.280. The van der Waals surface area contributed by atoms with Crippen LogP contribution >= 0.6 is 0 Å². The van der Waals surface area contributed by atoms with Crippen LogP contribution in [0, 0.1) is 11.6 Å². The topological polar surface area (TPSA) is 176 Å². The summed E-state index contributed by atoms with van der Waals surface area (Å²) < 4.78 is 27.4. The number of fused-ring (bicyclic) bond motifs is 1. The number of rotatable bonds is 8. The van der Waals surface area contributed by atoms with Crippen LogP contribution in [0.2, 0.25) is 0 Å². The van der Waals surface area contributed by atoms with Gasteiger partial charge in [-0.1, -0.05) is 18.2 Å². The predicted molar refractivity (Wildman–Crippen MR) is 151 cm³/mol. The number of piperazine rings is 1. The van der Waals surface area contributed by atoms with Gasteiger partial charge in [0.25, 0.3) is 0 Å². The molecule has 232 valence electrons. The van der Waals surface area contributed by atoms with E-state index >= 15 is 0 Å². The van der Waals surface area contributed by atoms with Gasteiger partial charge >= 0.3 is 23.9 Å². The average molecular weight is 605 g/mol. The first-order valence-electron chi connectivity index (χ1n) is 13.3. The molecule has 0 bridgehead atoms. The normalized spacial score (nSPS) is 18.6. The molecule has 2 atom stereocenters. The zero-order chi connectivity index (χ0) is 31.9. The molecule has 1 saturated heterocycles. The maximum atomic E-state index is 14.1. The summed E-state index contributed by atoms with van der Waals surface area (Å²) >= 11 is 0. The predicted octanol–water partition coefficient (Wildman–Crippen LogP) is 2.97. The Labute approximate surface area is 246 Å². The van der Waals surface area contributed by atoms with Gasteiger partial charge in [-0.25, -0.2) is 28.0 Å². The van der Waals surface area contributed by atoms with E-state index in [0.29, 0.717) is 24.3 Å². The van der Waals surface area contributed by atoms with E-state index in [4.69, 9.17) is 25.5 Å². The summed E-state index contributed by atoms with van der Waals surface area (Å²) in [6, 6.07) is 12.1. The number of hydrogen-bond donors (Lipinski definition) is 5. The SMILES string of the molecule is O=C(O)/C=C/C(=O)O.O=C(O)/C=C/C(=O)O.OCCN1CCN(C2CCC(c3ccc(F)cc3)c3ccc(F)cc32)CC1. The Morgan fingerprint density at radius 3 is 1.65 bits per heavy atom. The minimum atomic E-state index is -1.26. The lowest BCUT2D eigenvalue weighted by molar-refractivity contribution is -0.134. The molecule has 43 heavy (non-hydrogen) atoms. The number of nitrogens with zero attached hydrogens (tertiary/aromatic N) is 2. The lowest BCUT2D eigenvalue weighted by Crippen LogP contribution is -2.48. The van der Waals surface area contributed by atoms with E-state index in [1.54, 1.807) is 6.07 Å². The summed E-state index contributed by atoms with van der Waals surface area (Å²) in [5, 5.41) is 40.4. The maximum absolute atomic E-state index is 14.1. The number of aliphatic carboxylic acids is 4. The van der Waals surface area contributed by atoms with Gasteiger partial charge in [0.2, 0.25) is 0 Å². The first kappa shape index (κ1) is 34.7. The van der Waals surface area contributed by atoms with Crippen molar-refractivity contribution in [3.05, 3.63) is 95.1 Å². The third-order valence-electron chi connectivity index (χ3n) is 6.79. The molecule has 2 unspecified atom stereocenters. The Morgan fingerprint density at radius 1 is 0.698 bits per heavy atom. The van der Waals surface area contributed by atoms with Crippen LogP contribution in [-0.2, 0) is 19.2 Å². The lowest BCUT2D eigenvalue weighted by atomic mass is 9.76. The molecule has 4 rings (SSSR count). The number of aliphatic hydroxyl groups is 1. The molecule has 0 saturated carbocycles. The molecule has 0 aromatic heterocycles. The number of halogens is 2. The molecule has 0 radical (unpaired) electrons. The highest BCUT2D eigenvalue weighted by Gasteiger charge is 2.33. The van der Waals surface area contributed by atoms with Crippen molar-refractivity contribution in [3.63, 3.8) is 0 Å². The van der Waals surface area contributed by atoms with Crippen molar-refractivity contribution in [2.75, 3.05) is 39.3 Å². The van der Waals surface area contributed by atoms with E-state index in [0.717, 1.165) is 62.3 Å².